The minimum Gasteiger partial charge on any atom is -0.478 e. The molecule has 72 valence electrons. The van der Waals surface area contributed by atoms with Gasteiger partial charge >= 0.3 is 0 Å². The number of rotatable bonds is 1. The van der Waals surface area contributed by atoms with Crippen molar-refractivity contribution in [2.75, 3.05) is 12.4 Å². The highest BCUT2D eigenvalue weighted by Gasteiger charge is 2.57. The number of fused-ring (bicyclic) bond motifs is 1. The lowest BCUT2D eigenvalue weighted by molar-refractivity contribution is 0.0820. The van der Waals surface area contributed by atoms with Gasteiger partial charge in [-0.2, -0.15) is 0 Å². The van der Waals surface area contributed by atoms with Gasteiger partial charge in [-0.05, 0) is 31.0 Å². The summed E-state index contributed by atoms with van der Waals surface area (Å²) >= 11 is 0. The van der Waals surface area contributed by atoms with Gasteiger partial charge in [0.25, 0.3) is 0 Å². The van der Waals surface area contributed by atoms with Crippen LogP contribution in [0.3, 0.4) is 0 Å². The molecule has 0 saturated heterocycles. The molecule has 1 aliphatic carbocycles. The van der Waals surface area contributed by atoms with E-state index in [0.717, 1.165) is 29.8 Å². The number of nitrogens with one attached hydrogen (secondary N) is 1. The molecule has 1 heterocycles. The van der Waals surface area contributed by atoms with Crippen LogP contribution in [-0.4, -0.2) is 18.4 Å². The number of ketones is 1. The maximum Gasteiger partial charge on any atom is 0.210 e. The fraction of sp³-hybridized carbons (Fsp3) is 0.364. The molecule has 1 N–H and O–H groups in total. The molecular formula is C11H11NO2. The van der Waals surface area contributed by atoms with Crippen LogP contribution in [0.5, 0.6) is 5.75 Å². The summed E-state index contributed by atoms with van der Waals surface area (Å²) in [5.41, 5.74) is 1.22. The van der Waals surface area contributed by atoms with E-state index in [9.17, 15) is 4.79 Å². The van der Waals surface area contributed by atoms with Crippen molar-refractivity contribution in [3.8, 4) is 5.75 Å². The minimum atomic E-state index is -0.464. The summed E-state index contributed by atoms with van der Waals surface area (Å²) in [7, 11) is 1.84. The van der Waals surface area contributed by atoms with Crippen molar-refractivity contribution in [3.05, 3.63) is 23.8 Å². The average molecular weight is 189 g/mol. The summed E-state index contributed by atoms with van der Waals surface area (Å²) in [6.07, 6.45) is 1.74. The number of benzene rings is 1. The van der Waals surface area contributed by atoms with Gasteiger partial charge in [0.05, 0.1) is 5.56 Å². The molecule has 0 radical (unpaired) electrons. The fourth-order valence-corrected chi connectivity index (χ4v) is 1.90. The van der Waals surface area contributed by atoms with Gasteiger partial charge in [-0.3, -0.25) is 4.79 Å². The molecule has 1 fully saturated rings. The normalized spacial score (nSPS) is 20.5. The molecule has 3 rings (SSSR count). The Morgan fingerprint density at radius 1 is 1.43 bits per heavy atom. The van der Waals surface area contributed by atoms with Crippen LogP contribution in [0.2, 0.25) is 0 Å². The topological polar surface area (TPSA) is 38.3 Å². The number of hydrogen-bond acceptors (Lipinski definition) is 3. The molecule has 1 aliphatic heterocycles. The van der Waals surface area contributed by atoms with Crippen LogP contribution >= 0.6 is 0 Å². The molecule has 1 spiro atoms. The number of Topliss-reactive ketones (excluding diaryl/α,β-unsaturated/α-hetero) is 1. The molecule has 2 aliphatic rings. The number of carbonyl (C=O) groups is 1. The molecule has 3 nitrogen and oxygen atoms in total. The van der Waals surface area contributed by atoms with Crippen molar-refractivity contribution in [1.82, 2.24) is 0 Å². The van der Waals surface area contributed by atoms with Gasteiger partial charge in [-0.15, -0.1) is 0 Å². The van der Waals surface area contributed by atoms with Crippen molar-refractivity contribution in [2.45, 2.75) is 18.4 Å². The lowest BCUT2D eigenvalue weighted by atomic mass is 10.1. The van der Waals surface area contributed by atoms with Gasteiger partial charge in [0, 0.05) is 12.7 Å². The summed E-state index contributed by atoms with van der Waals surface area (Å²) in [5, 5.41) is 3.02. The Morgan fingerprint density at radius 3 is 2.86 bits per heavy atom. The second-order valence-corrected chi connectivity index (χ2v) is 3.89. The molecule has 1 saturated carbocycles. The first-order chi connectivity index (χ1) is 6.75. The minimum absolute atomic E-state index is 0.157. The van der Waals surface area contributed by atoms with E-state index in [2.05, 4.69) is 5.32 Å². The Morgan fingerprint density at radius 2 is 2.21 bits per heavy atom. The van der Waals surface area contributed by atoms with Crippen LogP contribution in [-0.2, 0) is 0 Å². The number of anilines is 1. The first-order valence-electron chi connectivity index (χ1n) is 4.81. The molecule has 0 aromatic heterocycles. The van der Waals surface area contributed by atoms with Crippen LogP contribution in [0.4, 0.5) is 5.69 Å². The summed E-state index contributed by atoms with van der Waals surface area (Å²) < 4.78 is 5.64. The molecule has 1 aromatic carbocycles. The highest BCUT2D eigenvalue weighted by atomic mass is 16.5. The lowest BCUT2D eigenvalue weighted by Gasteiger charge is -2.03. The predicted octanol–water partition coefficient (Wildman–Crippen LogP) is 1.84. The van der Waals surface area contributed by atoms with E-state index < -0.39 is 5.60 Å². The summed E-state index contributed by atoms with van der Waals surface area (Å²) in [4.78, 5) is 11.9. The van der Waals surface area contributed by atoms with Gasteiger partial charge in [-0.1, -0.05) is 0 Å². The molecule has 3 heteroatoms. The van der Waals surface area contributed by atoms with Crippen LogP contribution in [0.25, 0.3) is 0 Å². The predicted molar refractivity (Wildman–Crippen MR) is 52.9 cm³/mol. The molecule has 0 atom stereocenters. The van der Waals surface area contributed by atoms with Crippen molar-refractivity contribution >= 4 is 11.5 Å². The van der Waals surface area contributed by atoms with Gasteiger partial charge in [0.15, 0.2) is 5.60 Å². The van der Waals surface area contributed by atoms with Crippen LogP contribution in [0.1, 0.15) is 23.2 Å². The molecule has 0 amide bonds. The van der Waals surface area contributed by atoms with Gasteiger partial charge < -0.3 is 10.1 Å². The van der Waals surface area contributed by atoms with E-state index in [4.69, 9.17) is 4.74 Å². The van der Waals surface area contributed by atoms with Crippen LogP contribution < -0.4 is 10.1 Å². The van der Waals surface area contributed by atoms with Crippen LogP contribution in [0.15, 0.2) is 18.2 Å². The van der Waals surface area contributed by atoms with Crippen molar-refractivity contribution < 1.29 is 9.53 Å². The summed E-state index contributed by atoms with van der Waals surface area (Å²) in [6.45, 7) is 0. The molecular weight excluding hydrogens is 178 g/mol. The Balaban J connectivity index is 2.10. The zero-order valence-corrected chi connectivity index (χ0v) is 7.96. The zero-order chi connectivity index (χ0) is 9.76. The van der Waals surface area contributed by atoms with Crippen molar-refractivity contribution in [3.63, 3.8) is 0 Å². The van der Waals surface area contributed by atoms with E-state index >= 15 is 0 Å². The zero-order valence-electron chi connectivity index (χ0n) is 7.96. The first-order valence-corrected chi connectivity index (χ1v) is 4.81. The maximum atomic E-state index is 11.9. The van der Waals surface area contributed by atoms with Gasteiger partial charge in [-0.25, -0.2) is 0 Å². The Hall–Kier alpha value is -1.51. The van der Waals surface area contributed by atoms with Crippen molar-refractivity contribution in [2.24, 2.45) is 0 Å². The quantitative estimate of drug-likeness (QED) is 0.732. The molecule has 0 unspecified atom stereocenters. The van der Waals surface area contributed by atoms with E-state index in [1.165, 1.54) is 0 Å². The summed E-state index contributed by atoms with van der Waals surface area (Å²) in [6, 6.07) is 5.66. The number of ether oxygens (including phenoxy) is 1. The van der Waals surface area contributed by atoms with Crippen molar-refractivity contribution in [1.29, 1.82) is 0 Å². The summed E-state index contributed by atoms with van der Waals surface area (Å²) in [5.74, 6) is 0.899. The van der Waals surface area contributed by atoms with Gasteiger partial charge in [0.1, 0.15) is 5.75 Å². The van der Waals surface area contributed by atoms with E-state index in [0.29, 0.717) is 0 Å². The molecule has 14 heavy (non-hydrogen) atoms. The smallest absolute Gasteiger partial charge is 0.210 e. The third-order valence-electron chi connectivity index (χ3n) is 2.94. The average Bonchev–Trinajstić information content (AvgIpc) is 2.92. The molecule has 1 aromatic rings. The lowest BCUT2D eigenvalue weighted by Crippen LogP contribution is -2.21. The third-order valence-corrected chi connectivity index (χ3v) is 2.94. The van der Waals surface area contributed by atoms with Crippen LogP contribution in [0, 0.1) is 0 Å². The maximum absolute atomic E-state index is 11.9. The largest absolute Gasteiger partial charge is 0.478 e. The third kappa shape index (κ3) is 0.842. The van der Waals surface area contributed by atoms with E-state index in [1.807, 2.05) is 25.2 Å². The highest BCUT2D eigenvalue weighted by molar-refractivity contribution is 6.09. The fourth-order valence-electron chi connectivity index (χ4n) is 1.90. The number of carbonyl (C=O) groups excluding carboxylic acids is 1. The van der Waals surface area contributed by atoms with Gasteiger partial charge in [0.2, 0.25) is 5.78 Å². The highest BCUT2D eigenvalue weighted by Crippen LogP contribution is 2.50. The standard InChI is InChI=1S/C11H11NO2/c1-12-7-2-3-9-8(6-7)10(13)11(14-9)4-5-11/h2-3,6,12H,4-5H2,1H3. The number of hydrogen-bond donors (Lipinski definition) is 1. The Labute approximate surface area is 82.1 Å². The monoisotopic (exact) mass is 189 g/mol. The molecule has 0 bridgehead atoms. The SMILES string of the molecule is CNc1ccc2c(c1)C(=O)C1(CC1)O2. The second-order valence-electron chi connectivity index (χ2n) is 3.89. The Kier molecular flexibility index (Phi) is 1.29. The Bertz CT molecular complexity index is 421. The van der Waals surface area contributed by atoms with E-state index in [1.54, 1.807) is 0 Å². The second kappa shape index (κ2) is 2.29. The first kappa shape index (κ1) is 7.85. The van der Waals surface area contributed by atoms with E-state index in [-0.39, 0.29) is 5.78 Å².